The molecule has 1 N–H and O–H groups in total. The number of aryl methyl sites for hydroxylation is 1. The highest BCUT2D eigenvalue weighted by molar-refractivity contribution is 6.06. The second kappa shape index (κ2) is 3.25. The molecule has 1 aliphatic rings. The largest absolute Gasteiger partial charge is 0.296 e. The molecule has 1 aliphatic heterocycles. The molecule has 3 nitrogen and oxygen atoms in total. The molecule has 14 heavy (non-hydrogen) atoms. The van der Waals surface area contributed by atoms with Gasteiger partial charge in [-0.2, -0.15) is 0 Å². The van der Waals surface area contributed by atoms with Gasteiger partial charge in [0.15, 0.2) is 0 Å². The van der Waals surface area contributed by atoms with Crippen molar-refractivity contribution >= 4 is 11.8 Å². The average molecular weight is 189 g/mol. The molecule has 1 saturated heterocycles. The summed E-state index contributed by atoms with van der Waals surface area (Å²) in [4.78, 5) is 22.4. The Morgan fingerprint density at radius 1 is 1.36 bits per heavy atom. The lowest BCUT2D eigenvalue weighted by molar-refractivity contribution is -0.125. The Morgan fingerprint density at radius 2 is 2.14 bits per heavy atom. The Balaban J connectivity index is 2.31. The predicted octanol–water partition coefficient (Wildman–Crippen LogP) is 1.13. The second-order valence-electron chi connectivity index (χ2n) is 3.58. The highest BCUT2D eigenvalue weighted by Crippen LogP contribution is 2.24. The number of amides is 2. The SMILES string of the molecule is Cc1cccc(C2CC(=O)NC2=O)c1. The van der Waals surface area contributed by atoms with Gasteiger partial charge in [-0.05, 0) is 12.5 Å². The van der Waals surface area contributed by atoms with Crippen molar-refractivity contribution in [2.24, 2.45) is 0 Å². The van der Waals surface area contributed by atoms with Crippen molar-refractivity contribution in [3.8, 4) is 0 Å². The number of benzene rings is 1. The topological polar surface area (TPSA) is 46.2 Å². The van der Waals surface area contributed by atoms with E-state index in [1.54, 1.807) is 0 Å². The fourth-order valence-corrected chi connectivity index (χ4v) is 1.71. The van der Waals surface area contributed by atoms with E-state index in [0.717, 1.165) is 11.1 Å². The zero-order valence-electron chi connectivity index (χ0n) is 7.91. The van der Waals surface area contributed by atoms with Gasteiger partial charge in [0.25, 0.3) is 0 Å². The van der Waals surface area contributed by atoms with Crippen molar-refractivity contribution in [2.75, 3.05) is 0 Å². The lowest BCUT2D eigenvalue weighted by Gasteiger charge is -2.06. The zero-order valence-corrected chi connectivity index (χ0v) is 7.91. The van der Waals surface area contributed by atoms with E-state index in [2.05, 4.69) is 5.32 Å². The number of hydrogen-bond acceptors (Lipinski definition) is 2. The first-order valence-electron chi connectivity index (χ1n) is 4.57. The minimum absolute atomic E-state index is 0.179. The normalized spacial score (nSPS) is 21.1. The molecule has 2 rings (SSSR count). The van der Waals surface area contributed by atoms with Crippen LogP contribution in [-0.4, -0.2) is 11.8 Å². The molecule has 0 bridgehead atoms. The molecule has 1 unspecified atom stereocenters. The van der Waals surface area contributed by atoms with Crippen molar-refractivity contribution in [3.05, 3.63) is 35.4 Å². The van der Waals surface area contributed by atoms with Crippen LogP contribution in [0.25, 0.3) is 0 Å². The van der Waals surface area contributed by atoms with Crippen LogP contribution in [0.4, 0.5) is 0 Å². The maximum absolute atomic E-state index is 11.4. The third-order valence-electron chi connectivity index (χ3n) is 2.41. The summed E-state index contributed by atoms with van der Waals surface area (Å²) in [5.41, 5.74) is 2.03. The molecule has 1 fully saturated rings. The van der Waals surface area contributed by atoms with Crippen LogP contribution in [0, 0.1) is 6.92 Å². The molecule has 1 heterocycles. The van der Waals surface area contributed by atoms with Gasteiger partial charge in [-0.1, -0.05) is 29.8 Å². The van der Waals surface area contributed by atoms with Crippen LogP contribution in [0.2, 0.25) is 0 Å². The minimum Gasteiger partial charge on any atom is -0.296 e. The van der Waals surface area contributed by atoms with Crippen molar-refractivity contribution < 1.29 is 9.59 Å². The van der Waals surface area contributed by atoms with Crippen molar-refractivity contribution in [1.29, 1.82) is 0 Å². The van der Waals surface area contributed by atoms with Gasteiger partial charge in [0.2, 0.25) is 11.8 Å². The van der Waals surface area contributed by atoms with Crippen LogP contribution in [0.15, 0.2) is 24.3 Å². The molecule has 1 atom stereocenters. The number of hydrogen-bond donors (Lipinski definition) is 1. The molecule has 0 spiro atoms. The molecule has 1 aromatic carbocycles. The second-order valence-corrected chi connectivity index (χ2v) is 3.58. The maximum Gasteiger partial charge on any atom is 0.234 e. The Bertz CT molecular complexity index is 398. The summed E-state index contributed by atoms with van der Waals surface area (Å²) in [6, 6.07) is 7.71. The summed E-state index contributed by atoms with van der Waals surface area (Å²) in [5, 5.41) is 2.31. The zero-order chi connectivity index (χ0) is 10.1. The van der Waals surface area contributed by atoms with Crippen LogP contribution in [-0.2, 0) is 9.59 Å². The van der Waals surface area contributed by atoms with Crippen LogP contribution in [0.3, 0.4) is 0 Å². The number of imide groups is 1. The molecule has 2 amide bonds. The summed E-state index contributed by atoms with van der Waals surface area (Å²) >= 11 is 0. The molecule has 0 saturated carbocycles. The van der Waals surface area contributed by atoms with Crippen LogP contribution < -0.4 is 5.32 Å². The maximum atomic E-state index is 11.4. The Kier molecular flexibility index (Phi) is 2.08. The summed E-state index contributed by atoms with van der Waals surface area (Å²) < 4.78 is 0. The fourth-order valence-electron chi connectivity index (χ4n) is 1.71. The molecule has 1 aromatic rings. The fraction of sp³-hybridized carbons (Fsp3) is 0.273. The molecular weight excluding hydrogens is 178 g/mol. The lowest BCUT2D eigenvalue weighted by atomic mass is 9.96. The summed E-state index contributed by atoms with van der Waals surface area (Å²) in [6.45, 7) is 1.97. The van der Waals surface area contributed by atoms with Gasteiger partial charge in [0.1, 0.15) is 0 Å². The lowest BCUT2D eigenvalue weighted by Crippen LogP contribution is -2.21. The van der Waals surface area contributed by atoms with Crippen molar-refractivity contribution in [3.63, 3.8) is 0 Å². The Morgan fingerprint density at radius 3 is 2.71 bits per heavy atom. The van der Waals surface area contributed by atoms with Gasteiger partial charge in [0, 0.05) is 6.42 Å². The molecule has 0 aromatic heterocycles. The first kappa shape index (κ1) is 8.94. The number of carbonyl (C=O) groups is 2. The van der Waals surface area contributed by atoms with Crippen LogP contribution >= 0.6 is 0 Å². The predicted molar refractivity (Wildman–Crippen MR) is 51.7 cm³/mol. The van der Waals surface area contributed by atoms with Crippen molar-refractivity contribution in [1.82, 2.24) is 5.32 Å². The van der Waals surface area contributed by atoms with E-state index in [-0.39, 0.29) is 24.2 Å². The first-order chi connectivity index (χ1) is 6.66. The van der Waals surface area contributed by atoms with E-state index in [1.807, 2.05) is 31.2 Å². The van der Waals surface area contributed by atoms with E-state index in [4.69, 9.17) is 0 Å². The number of carbonyl (C=O) groups excluding carboxylic acids is 2. The third kappa shape index (κ3) is 1.53. The number of nitrogens with one attached hydrogen (secondary N) is 1. The molecule has 3 heteroatoms. The molecule has 0 radical (unpaired) electrons. The Labute approximate surface area is 82.1 Å². The van der Waals surface area contributed by atoms with E-state index in [1.165, 1.54) is 0 Å². The first-order valence-corrected chi connectivity index (χ1v) is 4.57. The molecule has 72 valence electrons. The average Bonchev–Trinajstić information content (AvgIpc) is 2.45. The van der Waals surface area contributed by atoms with Gasteiger partial charge in [-0.25, -0.2) is 0 Å². The third-order valence-corrected chi connectivity index (χ3v) is 2.41. The van der Waals surface area contributed by atoms with E-state index < -0.39 is 0 Å². The standard InChI is InChI=1S/C11H11NO2/c1-7-3-2-4-8(5-7)9-6-10(13)12-11(9)14/h2-5,9H,6H2,1H3,(H,12,13,14). The quantitative estimate of drug-likeness (QED) is 0.673. The van der Waals surface area contributed by atoms with Gasteiger partial charge >= 0.3 is 0 Å². The van der Waals surface area contributed by atoms with E-state index >= 15 is 0 Å². The van der Waals surface area contributed by atoms with Crippen LogP contribution in [0.1, 0.15) is 23.5 Å². The van der Waals surface area contributed by atoms with Crippen molar-refractivity contribution in [2.45, 2.75) is 19.3 Å². The summed E-state index contributed by atoms with van der Waals surface area (Å²) in [5.74, 6) is -0.649. The smallest absolute Gasteiger partial charge is 0.234 e. The van der Waals surface area contributed by atoms with Gasteiger partial charge in [-0.3, -0.25) is 14.9 Å². The molecule has 0 aliphatic carbocycles. The highest BCUT2D eigenvalue weighted by Gasteiger charge is 2.31. The molecular formula is C11H11NO2. The summed E-state index contributed by atoms with van der Waals surface area (Å²) in [6.07, 6.45) is 0.280. The van der Waals surface area contributed by atoms with E-state index in [9.17, 15) is 9.59 Å². The van der Waals surface area contributed by atoms with Crippen LogP contribution in [0.5, 0.6) is 0 Å². The number of rotatable bonds is 1. The Hall–Kier alpha value is -1.64. The highest BCUT2D eigenvalue weighted by atomic mass is 16.2. The monoisotopic (exact) mass is 189 g/mol. The van der Waals surface area contributed by atoms with Gasteiger partial charge in [0.05, 0.1) is 5.92 Å². The summed E-state index contributed by atoms with van der Waals surface area (Å²) in [7, 11) is 0. The minimum atomic E-state index is -0.289. The van der Waals surface area contributed by atoms with Gasteiger partial charge < -0.3 is 0 Å². The van der Waals surface area contributed by atoms with Gasteiger partial charge in [-0.15, -0.1) is 0 Å². The van der Waals surface area contributed by atoms with E-state index in [0.29, 0.717) is 0 Å².